The van der Waals surface area contributed by atoms with E-state index in [1.165, 1.54) is 27.5 Å². The Hall–Kier alpha value is -3.58. The van der Waals surface area contributed by atoms with Crippen LogP contribution < -0.4 is 5.69 Å². The number of imidazole rings is 1. The number of nitrogens with zero attached hydrogens (tertiary/aromatic N) is 3. The molecule has 0 radical (unpaired) electrons. The molecule has 0 aliphatic carbocycles. The molecule has 3 aromatic carbocycles. The maximum absolute atomic E-state index is 13.7. The molecule has 2 aromatic heterocycles. The SMILES string of the molecule is Cc1ccc2ncc3c(c2c1)n(-c1ccccc1Cl)c(=O)n3-c1cccc(C(F)(F)F)c1. The lowest BCUT2D eigenvalue weighted by atomic mass is 10.1. The van der Waals surface area contributed by atoms with Gasteiger partial charge in [0, 0.05) is 5.39 Å². The van der Waals surface area contributed by atoms with E-state index in [4.69, 9.17) is 11.6 Å². The molecule has 0 fully saturated rings. The predicted octanol–water partition coefficient (Wildman–Crippen LogP) is 6.31. The first kappa shape index (κ1) is 20.3. The molecule has 2 heterocycles. The third-order valence-corrected chi connectivity index (χ3v) is 5.67. The van der Waals surface area contributed by atoms with Crippen molar-refractivity contribution in [2.75, 3.05) is 0 Å². The Morgan fingerprint density at radius 3 is 2.47 bits per heavy atom. The zero-order chi connectivity index (χ0) is 22.6. The van der Waals surface area contributed by atoms with Crippen LogP contribution in [0.25, 0.3) is 33.3 Å². The van der Waals surface area contributed by atoms with Gasteiger partial charge in [-0.2, -0.15) is 13.2 Å². The summed E-state index contributed by atoms with van der Waals surface area (Å²) >= 11 is 6.42. The van der Waals surface area contributed by atoms with Crippen LogP contribution in [-0.2, 0) is 6.18 Å². The second-order valence-corrected chi connectivity index (χ2v) is 7.87. The van der Waals surface area contributed by atoms with E-state index >= 15 is 0 Å². The zero-order valence-corrected chi connectivity index (χ0v) is 17.4. The van der Waals surface area contributed by atoms with Crippen molar-refractivity contribution in [3.8, 4) is 11.4 Å². The number of aryl methyl sites for hydroxylation is 1. The second-order valence-electron chi connectivity index (χ2n) is 7.47. The number of alkyl halides is 3. The van der Waals surface area contributed by atoms with Gasteiger partial charge in [-0.15, -0.1) is 0 Å². The van der Waals surface area contributed by atoms with Gasteiger partial charge in [-0.05, 0) is 49.4 Å². The van der Waals surface area contributed by atoms with E-state index < -0.39 is 17.4 Å². The van der Waals surface area contributed by atoms with Crippen molar-refractivity contribution in [2.24, 2.45) is 0 Å². The summed E-state index contributed by atoms with van der Waals surface area (Å²) in [7, 11) is 0. The number of pyridine rings is 1. The zero-order valence-electron chi connectivity index (χ0n) is 16.7. The van der Waals surface area contributed by atoms with E-state index in [1.807, 2.05) is 25.1 Å². The molecule has 0 bridgehead atoms. The highest BCUT2D eigenvalue weighted by Gasteiger charge is 2.31. The van der Waals surface area contributed by atoms with Crippen LogP contribution >= 0.6 is 11.6 Å². The number of rotatable bonds is 2. The Morgan fingerprint density at radius 2 is 1.72 bits per heavy atom. The van der Waals surface area contributed by atoms with Gasteiger partial charge >= 0.3 is 11.9 Å². The standard InChI is InChI=1S/C24H15ClF3N3O/c1-14-9-10-19-17(11-14)22-21(13-29-19)30(16-6-4-5-15(12-16)24(26,27)28)23(32)31(22)20-8-3-2-7-18(20)25/h2-13H,1H3. The van der Waals surface area contributed by atoms with Gasteiger partial charge in [0.1, 0.15) is 0 Å². The molecule has 5 rings (SSSR count). The first-order valence-corrected chi connectivity index (χ1v) is 10.1. The van der Waals surface area contributed by atoms with Crippen molar-refractivity contribution in [1.29, 1.82) is 0 Å². The Kier molecular flexibility index (Phi) is 4.60. The van der Waals surface area contributed by atoms with Gasteiger partial charge in [0.25, 0.3) is 0 Å². The molecule has 0 unspecified atom stereocenters. The number of halogens is 4. The molecule has 4 nitrogen and oxygen atoms in total. The van der Waals surface area contributed by atoms with Gasteiger partial charge in [-0.25, -0.2) is 4.79 Å². The molecule has 0 saturated heterocycles. The topological polar surface area (TPSA) is 39.8 Å². The Morgan fingerprint density at radius 1 is 0.938 bits per heavy atom. The van der Waals surface area contributed by atoms with Crippen molar-refractivity contribution in [2.45, 2.75) is 13.1 Å². The minimum absolute atomic E-state index is 0.0921. The van der Waals surface area contributed by atoms with Gasteiger partial charge in [0.15, 0.2) is 0 Å². The fourth-order valence-electron chi connectivity index (χ4n) is 3.91. The molecule has 0 amide bonds. The summed E-state index contributed by atoms with van der Waals surface area (Å²) in [5, 5.41) is 1.04. The molecule has 0 aliphatic rings. The van der Waals surface area contributed by atoms with Crippen molar-refractivity contribution in [3.63, 3.8) is 0 Å². The lowest BCUT2D eigenvalue weighted by molar-refractivity contribution is -0.137. The first-order chi connectivity index (χ1) is 15.3. The number of aromatic nitrogens is 3. The Bertz CT molecular complexity index is 1570. The van der Waals surface area contributed by atoms with Crippen LogP contribution in [0.15, 0.2) is 77.7 Å². The third-order valence-electron chi connectivity index (χ3n) is 5.35. The Labute approximate surface area is 185 Å². The molecule has 8 heteroatoms. The molecule has 5 aromatic rings. The second kappa shape index (κ2) is 7.24. The first-order valence-electron chi connectivity index (χ1n) is 9.71. The highest BCUT2D eigenvalue weighted by atomic mass is 35.5. The minimum atomic E-state index is -4.54. The lowest BCUT2D eigenvalue weighted by Gasteiger charge is -2.09. The predicted molar refractivity (Wildman–Crippen MR) is 119 cm³/mol. The molecular formula is C24H15ClF3N3O. The fraction of sp³-hybridized carbons (Fsp3) is 0.0833. The van der Waals surface area contributed by atoms with Gasteiger partial charge in [0.2, 0.25) is 0 Å². The fourth-order valence-corrected chi connectivity index (χ4v) is 4.13. The van der Waals surface area contributed by atoms with Crippen LogP contribution in [0.1, 0.15) is 11.1 Å². The van der Waals surface area contributed by atoms with Crippen LogP contribution in [0.2, 0.25) is 5.02 Å². The van der Waals surface area contributed by atoms with E-state index in [9.17, 15) is 18.0 Å². The average molecular weight is 454 g/mol. The number of para-hydroxylation sites is 1. The molecule has 0 spiro atoms. The highest BCUT2D eigenvalue weighted by Crippen LogP contribution is 2.33. The average Bonchev–Trinajstić information content (AvgIpc) is 3.06. The molecule has 32 heavy (non-hydrogen) atoms. The minimum Gasteiger partial charge on any atom is -0.259 e. The van der Waals surface area contributed by atoms with Crippen molar-refractivity contribution < 1.29 is 13.2 Å². The summed E-state index contributed by atoms with van der Waals surface area (Å²) in [5.74, 6) is 0. The highest BCUT2D eigenvalue weighted by molar-refractivity contribution is 6.32. The van der Waals surface area contributed by atoms with Crippen LogP contribution in [0.3, 0.4) is 0 Å². The number of hydrogen-bond acceptors (Lipinski definition) is 2. The van der Waals surface area contributed by atoms with E-state index in [0.29, 0.717) is 32.6 Å². The summed E-state index contributed by atoms with van der Waals surface area (Å²) in [6.45, 7) is 1.92. The van der Waals surface area contributed by atoms with Gasteiger partial charge in [-0.1, -0.05) is 41.4 Å². The molecular weight excluding hydrogens is 439 g/mol. The van der Waals surface area contributed by atoms with Gasteiger partial charge < -0.3 is 0 Å². The molecule has 0 N–H and O–H groups in total. The van der Waals surface area contributed by atoms with Crippen LogP contribution in [-0.4, -0.2) is 14.1 Å². The summed E-state index contributed by atoms with van der Waals surface area (Å²) in [6.07, 6.45) is -3.04. The van der Waals surface area contributed by atoms with Crippen molar-refractivity contribution >= 4 is 33.5 Å². The maximum Gasteiger partial charge on any atom is 0.416 e. The van der Waals surface area contributed by atoms with Crippen molar-refractivity contribution in [3.05, 3.63) is 99.6 Å². The molecule has 0 aliphatic heterocycles. The van der Waals surface area contributed by atoms with E-state index in [1.54, 1.807) is 24.3 Å². The third kappa shape index (κ3) is 3.17. The van der Waals surface area contributed by atoms with E-state index in [2.05, 4.69) is 4.98 Å². The Balaban J connectivity index is 1.96. The molecule has 0 atom stereocenters. The number of hydrogen-bond donors (Lipinski definition) is 0. The molecule has 160 valence electrons. The van der Waals surface area contributed by atoms with Crippen LogP contribution in [0.5, 0.6) is 0 Å². The summed E-state index contributed by atoms with van der Waals surface area (Å²) < 4.78 is 42.7. The normalized spacial score (nSPS) is 12.0. The maximum atomic E-state index is 13.7. The van der Waals surface area contributed by atoms with Gasteiger partial charge in [-0.3, -0.25) is 14.1 Å². The monoisotopic (exact) mass is 453 g/mol. The smallest absolute Gasteiger partial charge is 0.259 e. The lowest BCUT2D eigenvalue weighted by Crippen LogP contribution is -2.22. The van der Waals surface area contributed by atoms with E-state index in [-0.39, 0.29) is 5.69 Å². The number of benzene rings is 3. The quantitative estimate of drug-likeness (QED) is 0.314. The number of fused-ring (bicyclic) bond motifs is 3. The summed E-state index contributed by atoms with van der Waals surface area (Å²) in [6, 6.07) is 17.2. The van der Waals surface area contributed by atoms with Crippen LogP contribution in [0, 0.1) is 6.92 Å². The van der Waals surface area contributed by atoms with E-state index in [0.717, 1.165) is 17.7 Å². The summed E-state index contributed by atoms with van der Waals surface area (Å²) in [5.41, 5.74) is 1.66. The van der Waals surface area contributed by atoms with Crippen molar-refractivity contribution in [1.82, 2.24) is 14.1 Å². The summed E-state index contributed by atoms with van der Waals surface area (Å²) in [4.78, 5) is 18.1. The van der Waals surface area contributed by atoms with Gasteiger partial charge in [0.05, 0.1) is 44.7 Å². The molecule has 0 saturated carbocycles. The largest absolute Gasteiger partial charge is 0.416 e. The van der Waals surface area contributed by atoms with Crippen LogP contribution in [0.4, 0.5) is 13.2 Å².